The Labute approximate surface area is 118 Å². The van der Waals surface area contributed by atoms with Crippen LogP contribution < -0.4 is 0 Å². The number of para-hydroxylation sites is 1. The minimum Gasteiger partial charge on any atom is -0.394 e. The zero-order valence-electron chi connectivity index (χ0n) is 11.5. The number of aromatic amines is 1. The van der Waals surface area contributed by atoms with Gasteiger partial charge in [0.25, 0.3) is 0 Å². The van der Waals surface area contributed by atoms with Gasteiger partial charge >= 0.3 is 0 Å². The maximum absolute atomic E-state index is 12.3. The number of nitrogens with zero attached hydrogens (tertiary/aromatic N) is 1. The number of fused-ring (bicyclic) bond motifs is 1. The first-order valence-electron chi connectivity index (χ1n) is 7.25. The summed E-state index contributed by atoms with van der Waals surface area (Å²) in [5.41, 5.74) is 2.30. The van der Waals surface area contributed by atoms with E-state index in [0.29, 0.717) is 6.42 Å². The summed E-state index contributed by atoms with van der Waals surface area (Å²) < 4.78 is 0. The molecule has 1 fully saturated rings. The normalized spacial score (nSPS) is 18.9. The van der Waals surface area contributed by atoms with Crippen molar-refractivity contribution in [2.75, 3.05) is 13.2 Å². The molecule has 2 aromatic rings. The predicted molar refractivity (Wildman–Crippen MR) is 78.4 cm³/mol. The Balaban J connectivity index is 1.66. The number of aryl methyl sites for hydroxylation is 1. The summed E-state index contributed by atoms with van der Waals surface area (Å²) in [6.45, 7) is 0.872. The van der Waals surface area contributed by atoms with Crippen molar-refractivity contribution in [3.05, 3.63) is 36.0 Å². The number of aliphatic hydroxyl groups excluding tert-OH is 1. The smallest absolute Gasteiger partial charge is 0.223 e. The minimum atomic E-state index is 0.0328. The summed E-state index contributed by atoms with van der Waals surface area (Å²) in [5.74, 6) is 0.159. The number of carbonyl (C=O) groups excluding carboxylic acids is 1. The van der Waals surface area contributed by atoms with Crippen LogP contribution in [-0.2, 0) is 11.2 Å². The molecule has 1 aromatic heterocycles. The molecule has 4 nitrogen and oxygen atoms in total. The maximum Gasteiger partial charge on any atom is 0.223 e. The van der Waals surface area contributed by atoms with Gasteiger partial charge in [-0.1, -0.05) is 18.2 Å². The van der Waals surface area contributed by atoms with Gasteiger partial charge in [-0.25, -0.2) is 0 Å². The monoisotopic (exact) mass is 272 g/mol. The molecule has 1 aliphatic rings. The van der Waals surface area contributed by atoms with E-state index in [2.05, 4.69) is 11.1 Å². The van der Waals surface area contributed by atoms with Crippen molar-refractivity contribution in [2.24, 2.45) is 0 Å². The van der Waals surface area contributed by atoms with E-state index in [9.17, 15) is 9.90 Å². The number of benzene rings is 1. The molecule has 1 atom stereocenters. The maximum atomic E-state index is 12.3. The zero-order valence-corrected chi connectivity index (χ0v) is 11.5. The van der Waals surface area contributed by atoms with Crippen LogP contribution in [0.3, 0.4) is 0 Å². The van der Waals surface area contributed by atoms with Crippen LogP contribution in [0.1, 0.15) is 24.8 Å². The highest BCUT2D eigenvalue weighted by Crippen LogP contribution is 2.21. The highest BCUT2D eigenvalue weighted by molar-refractivity contribution is 5.84. The number of aromatic nitrogens is 1. The number of H-pyrrole nitrogens is 1. The summed E-state index contributed by atoms with van der Waals surface area (Å²) in [5, 5.41) is 10.5. The molecule has 0 aliphatic carbocycles. The van der Waals surface area contributed by atoms with E-state index in [1.54, 1.807) is 0 Å². The second-order valence-electron chi connectivity index (χ2n) is 5.43. The third-order valence-corrected chi connectivity index (χ3v) is 4.19. The Hall–Kier alpha value is -1.81. The summed E-state index contributed by atoms with van der Waals surface area (Å²) in [6, 6.07) is 8.18. The fourth-order valence-electron chi connectivity index (χ4n) is 3.08. The largest absolute Gasteiger partial charge is 0.394 e. The van der Waals surface area contributed by atoms with Gasteiger partial charge in [0.1, 0.15) is 0 Å². The number of hydrogen-bond acceptors (Lipinski definition) is 2. The van der Waals surface area contributed by atoms with E-state index in [1.807, 2.05) is 29.3 Å². The minimum absolute atomic E-state index is 0.0328. The molecule has 106 valence electrons. The predicted octanol–water partition coefficient (Wildman–Crippen LogP) is 2.08. The van der Waals surface area contributed by atoms with Crippen molar-refractivity contribution in [1.82, 2.24) is 9.88 Å². The summed E-state index contributed by atoms with van der Waals surface area (Å²) >= 11 is 0. The number of hydrogen-bond donors (Lipinski definition) is 2. The highest BCUT2D eigenvalue weighted by atomic mass is 16.3. The Morgan fingerprint density at radius 3 is 3.10 bits per heavy atom. The molecular formula is C16H20N2O2. The molecule has 1 amide bonds. The quantitative estimate of drug-likeness (QED) is 0.895. The third kappa shape index (κ3) is 2.43. The number of carbonyl (C=O) groups is 1. The van der Waals surface area contributed by atoms with Crippen LogP contribution in [0.5, 0.6) is 0 Å². The molecule has 1 aliphatic heterocycles. The lowest BCUT2D eigenvalue weighted by Crippen LogP contribution is -2.37. The third-order valence-electron chi connectivity index (χ3n) is 4.19. The number of aliphatic hydroxyl groups is 1. The second kappa shape index (κ2) is 5.67. The van der Waals surface area contributed by atoms with Crippen LogP contribution in [0, 0.1) is 0 Å². The molecule has 4 heteroatoms. The van der Waals surface area contributed by atoms with Crippen LogP contribution in [-0.4, -0.2) is 40.1 Å². The number of likely N-dealkylation sites (tertiary alicyclic amines) is 1. The van der Waals surface area contributed by atoms with Crippen LogP contribution in [0.15, 0.2) is 30.5 Å². The van der Waals surface area contributed by atoms with E-state index >= 15 is 0 Å². The van der Waals surface area contributed by atoms with Crippen molar-refractivity contribution in [3.8, 4) is 0 Å². The first-order valence-corrected chi connectivity index (χ1v) is 7.25. The fraction of sp³-hybridized carbons (Fsp3) is 0.438. The van der Waals surface area contributed by atoms with Crippen LogP contribution in [0.4, 0.5) is 0 Å². The van der Waals surface area contributed by atoms with Crippen molar-refractivity contribution < 1.29 is 9.90 Å². The lowest BCUT2D eigenvalue weighted by Gasteiger charge is -2.22. The Bertz CT molecular complexity index is 605. The molecule has 0 bridgehead atoms. The van der Waals surface area contributed by atoms with Gasteiger partial charge in [0.05, 0.1) is 12.6 Å². The van der Waals surface area contributed by atoms with E-state index in [-0.39, 0.29) is 18.6 Å². The van der Waals surface area contributed by atoms with Crippen molar-refractivity contribution >= 4 is 16.8 Å². The molecule has 1 saturated heterocycles. The van der Waals surface area contributed by atoms with Crippen molar-refractivity contribution in [1.29, 1.82) is 0 Å². The van der Waals surface area contributed by atoms with E-state index in [1.165, 1.54) is 10.9 Å². The summed E-state index contributed by atoms with van der Waals surface area (Å²) in [4.78, 5) is 17.3. The Morgan fingerprint density at radius 2 is 2.25 bits per heavy atom. The van der Waals surface area contributed by atoms with E-state index < -0.39 is 0 Å². The topological polar surface area (TPSA) is 56.3 Å². The Kier molecular flexibility index (Phi) is 3.74. The van der Waals surface area contributed by atoms with Crippen molar-refractivity contribution in [3.63, 3.8) is 0 Å². The van der Waals surface area contributed by atoms with Gasteiger partial charge in [0.2, 0.25) is 5.91 Å². The van der Waals surface area contributed by atoms with Gasteiger partial charge in [-0.2, -0.15) is 0 Å². The van der Waals surface area contributed by atoms with Gasteiger partial charge < -0.3 is 15.0 Å². The molecule has 2 N–H and O–H groups in total. The first kappa shape index (κ1) is 13.2. The molecule has 3 rings (SSSR count). The molecule has 20 heavy (non-hydrogen) atoms. The number of nitrogens with one attached hydrogen (secondary N) is 1. The van der Waals surface area contributed by atoms with Gasteiger partial charge in [0.15, 0.2) is 0 Å². The summed E-state index contributed by atoms with van der Waals surface area (Å²) in [7, 11) is 0. The molecule has 2 heterocycles. The van der Waals surface area contributed by atoms with Crippen LogP contribution in [0.25, 0.3) is 10.9 Å². The van der Waals surface area contributed by atoms with Gasteiger partial charge in [-0.15, -0.1) is 0 Å². The fourth-order valence-corrected chi connectivity index (χ4v) is 3.08. The van der Waals surface area contributed by atoms with Gasteiger partial charge in [-0.3, -0.25) is 4.79 Å². The average molecular weight is 272 g/mol. The molecule has 0 saturated carbocycles. The number of rotatable bonds is 4. The molecule has 0 spiro atoms. The van der Waals surface area contributed by atoms with Crippen LogP contribution >= 0.6 is 0 Å². The van der Waals surface area contributed by atoms with Gasteiger partial charge in [-0.05, 0) is 30.9 Å². The molecule has 1 aromatic carbocycles. The lowest BCUT2D eigenvalue weighted by atomic mass is 10.1. The molecule has 0 unspecified atom stereocenters. The first-order chi connectivity index (χ1) is 9.79. The lowest BCUT2D eigenvalue weighted by molar-refractivity contribution is -0.132. The SMILES string of the molecule is O=C(CCc1c[nH]c2ccccc12)N1CCC[C@@H]1CO. The number of amides is 1. The van der Waals surface area contributed by atoms with E-state index in [0.717, 1.165) is 31.3 Å². The average Bonchev–Trinajstić information content (AvgIpc) is 3.11. The zero-order chi connectivity index (χ0) is 13.9. The van der Waals surface area contributed by atoms with Gasteiger partial charge in [0, 0.05) is 30.1 Å². The van der Waals surface area contributed by atoms with E-state index in [4.69, 9.17) is 0 Å². The molecule has 0 radical (unpaired) electrons. The highest BCUT2D eigenvalue weighted by Gasteiger charge is 2.27. The summed E-state index contributed by atoms with van der Waals surface area (Å²) in [6.07, 6.45) is 5.18. The Morgan fingerprint density at radius 1 is 1.40 bits per heavy atom. The van der Waals surface area contributed by atoms with Crippen LogP contribution in [0.2, 0.25) is 0 Å². The second-order valence-corrected chi connectivity index (χ2v) is 5.43. The standard InChI is InChI=1S/C16H20N2O2/c19-11-13-4-3-9-18(13)16(20)8-7-12-10-17-15-6-2-1-5-14(12)15/h1-2,5-6,10,13,17,19H,3-4,7-9,11H2/t13-/m1/s1. The van der Waals surface area contributed by atoms with Crippen molar-refractivity contribution in [2.45, 2.75) is 31.7 Å². The molecular weight excluding hydrogens is 252 g/mol.